The average molecular weight is 154 g/mol. The highest BCUT2D eigenvalue weighted by molar-refractivity contribution is 8.04. The van der Waals surface area contributed by atoms with E-state index in [1.165, 1.54) is 17.8 Å². The van der Waals surface area contributed by atoms with Crippen LogP contribution in [0.4, 0.5) is 0 Å². The average Bonchev–Trinajstić information content (AvgIpc) is 2.14. The Morgan fingerprint density at radius 1 is 1.90 bits per heavy atom. The summed E-state index contributed by atoms with van der Waals surface area (Å²) in [5.41, 5.74) is 0. The summed E-state index contributed by atoms with van der Waals surface area (Å²) in [6.45, 7) is 1.80. The van der Waals surface area contributed by atoms with Gasteiger partial charge in [0.1, 0.15) is 0 Å². The Balaban J connectivity index is 2.68. The van der Waals surface area contributed by atoms with E-state index in [4.69, 9.17) is 5.26 Å². The van der Waals surface area contributed by atoms with E-state index in [0.717, 1.165) is 0 Å². The lowest BCUT2D eigenvalue weighted by atomic mass is 10.4. The van der Waals surface area contributed by atoms with Crippen LogP contribution < -0.4 is 5.32 Å². The van der Waals surface area contributed by atoms with Crippen LogP contribution in [0.25, 0.3) is 0 Å². The van der Waals surface area contributed by atoms with Gasteiger partial charge in [0.05, 0.1) is 16.3 Å². The first-order valence-electron chi connectivity index (χ1n) is 2.81. The minimum atomic E-state index is -0.0559. The molecule has 0 spiro atoms. The molecule has 1 aliphatic heterocycles. The van der Waals surface area contributed by atoms with Gasteiger partial charge >= 0.3 is 0 Å². The summed E-state index contributed by atoms with van der Waals surface area (Å²) in [5, 5.41) is 11.4. The molecule has 4 heteroatoms. The molecule has 0 radical (unpaired) electrons. The molecule has 0 unspecified atom stereocenters. The molecule has 0 aliphatic carbocycles. The van der Waals surface area contributed by atoms with E-state index in [9.17, 15) is 4.79 Å². The second-order valence-electron chi connectivity index (χ2n) is 1.89. The van der Waals surface area contributed by atoms with Crippen molar-refractivity contribution >= 4 is 17.7 Å². The molecule has 1 N–H and O–H groups in total. The Kier molecular flexibility index (Phi) is 1.97. The molecule has 1 aliphatic rings. The maximum atomic E-state index is 10.8. The number of rotatable bonds is 0. The molecule has 0 aromatic carbocycles. The van der Waals surface area contributed by atoms with Crippen LogP contribution in [0.5, 0.6) is 0 Å². The van der Waals surface area contributed by atoms with Crippen LogP contribution in [0, 0.1) is 11.3 Å². The van der Waals surface area contributed by atoms with Gasteiger partial charge in [0.25, 0.3) is 0 Å². The lowest BCUT2D eigenvalue weighted by Crippen LogP contribution is -2.19. The Morgan fingerprint density at radius 3 is 3.00 bits per heavy atom. The van der Waals surface area contributed by atoms with Crippen molar-refractivity contribution in [2.45, 2.75) is 12.2 Å². The number of hydrogen-bond donors (Lipinski definition) is 1. The van der Waals surface area contributed by atoms with Gasteiger partial charge in [-0.05, 0) is 6.92 Å². The van der Waals surface area contributed by atoms with E-state index >= 15 is 0 Å². The van der Waals surface area contributed by atoms with Crippen LogP contribution in [-0.4, -0.2) is 11.2 Å². The standard InChI is InChI=1S/C6H6N2OS/c1-4-6(9)8-5(10-4)2-3-7/h2,4H,1H3,(H,8,9)/b5-2+/t4-/m1/s1. The molecule has 0 saturated carbocycles. The van der Waals surface area contributed by atoms with Crippen LogP contribution >= 0.6 is 11.8 Å². The smallest absolute Gasteiger partial charge is 0.238 e. The third-order valence-corrected chi connectivity index (χ3v) is 2.16. The largest absolute Gasteiger partial charge is 0.319 e. The first kappa shape index (κ1) is 7.16. The number of nitriles is 1. The summed E-state index contributed by atoms with van der Waals surface area (Å²) in [6.07, 6.45) is 1.34. The molecule has 0 bridgehead atoms. The Hall–Kier alpha value is -0.950. The van der Waals surface area contributed by atoms with Gasteiger partial charge in [0.2, 0.25) is 5.91 Å². The SMILES string of the molecule is C[C@H]1S/C(=C/C#N)NC1=O. The number of amides is 1. The van der Waals surface area contributed by atoms with E-state index in [1.54, 1.807) is 6.92 Å². The van der Waals surface area contributed by atoms with Gasteiger partial charge in [-0.15, -0.1) is 0 Å². The minimum absolute atomic E-state index is 0.0218. The van der Waals surface area contributed by atoms with Crippen LogP contribution in [0.1, 0.15) is 6.92 Å². The van der Waals surface area contributed by atoms with Crippen LogP contribution in [0.15, 0.2) is 11.1 Å². The second kappa shape index (κ2) is 2.76. The summed E-state index contributed by atoms with van der Waals surface area (Å²) >= 11 is 1.38. The molecule has 0 aromatic heterocycles. The maximum absolute atomic E-state index is 10.8. The fourth-order valence-electron chi connectivity index (χ4n) is 0.625. The maximum Gasteiger partial charge on any atom is 0.238 e. The van der Waals surface area contributed by atoms with Gasteiger partial charge in [-0.2, -0.15) is 5.26 Å². The molecular formula is C6H6N2OS. The Morgan fingerprint density at radius 2 is 2.60 bits per heavy atom. The normalized spacial score (nSPS) is 28.2. The van der Waals surface area contributed by atoms with Crippen molar-refractivity contribution in [2.75, 3.05) is 0 Å². The number of thioether (sulfide) groups is 1. The van der Waals surface area contributed by atoms with E-state index in [0.29, 0.717) is 5.03 Å². The number of carbonyl (C=O) groups excluding carboxylic acids is 1. The molecule has 3 nitrogen and oxygen atoms in total. The highest BCUT2D eigenvalue weighted by Crippen LogP contribution is 2.25. The van der Waals surface area contributed by atoms with Crippen molar-refractivity contribution in [1.29, 1.82) is 5.26 Å². The predicted molar refractivity (Wildman–Crippen MR) is 38.9 cm³/mol. The van der Waals surface area contributed by atoms with Crippen LogP contribution in [-0.2, 0) is 4.79 Å². The molecule has 0 aromatic rings. The van der Waals surface area contributed by atoms with E-state index in [-0.39, 0.29) is 11.2 Å². The predicted octanol–water partition coefficient (Wildman–Crippen LogP) is 0.603. The van der Waals surface area contributed by atoms with Gasteiger partial charge < -0.3 is 5.32 Å². The van der Waals surface area contributed by atoms with Crippen molar-refractivity contribution < 1.29 is 4.79 Å². The van der Waals surface area contributed by atoms with Crippen molar-refractivity contribution in [1.82, 2.24) is 5.32 Å². The van der Waals surface area contributed by atoms with Crippen molar-refractivity contribution in [3.05, 3.63) is 11.1 Å². The van der Waals surface area contributed by atoms with Crippen molar-refractivity contribution in [2.24, 2.45) is 0 Å². The molecule has 1 saturated heterocycles. The summed E-state index contributed by atoms with van der Waals surface area (Å²) < 4.78 is 0. The topological polar surface area (TPSA) is 52.9 Å². The van der Waals surface area contributed by atoms with E-state index < -0.39 is 0 Å². The molecule has 1 fully saturated rings. The fraction of sp³-hybridized carbons (Fsp3) is 0.333. The molecular weight excluding hydrogens is 148 g/mol. The number of carbonyl (C=O) groups is 1. The first-order valence-corrected chi connectivity index (χ1v) is 3.69. The minimum Gasteiger partial charge on any atom is -0.319 e. The number of nitrogens with one attached hydrogen (secondary N) is 1. The Bertz CT molecular complexity index is 228. The fourth-order valence-corrected chi connectivity index (χ4v) is 1.45. The molecule has 1 atom stereocenters. The zero-order chi connectivity index (χ0) is 7.56. The molecule has 1 amide bonds. The van der Waals surface area contributed by atoms with E-state index in [1.807, 2.05) is 6.07 Å². The third-order valence-electron chi connectivity index (χ3n) is 1.12. The van der Waals surface area contributed by atoms with Crippen molar-refractivity contribution in [3.63, 3.8) is 0 Å². The molecule has 1 rings (SSSR count). The number of allylic oxidation sites excluding steroid dienone is 1. The Labute approximate surface area is 63.1 Å². The zero-order valence-electron chi connectivity index (χ0n) is 5.42. The first-order chi connectivity index (χ1) is 4.74. The summed E-state index contributed by atoms with van der Waals surface area (Å²) in [6, 6.07) is 1.85. The third kappa shape index (κ3) is 1.31. The van der Waals surface area contributed by atoms with E-state index in [2.05, 4.69) is 5.32 Å². The summed E-state index contributed by atoms with van der Waals surface area (Å²) in [5.74, 6) is -0.0218. The van der Waals surface area contributed by atoms with Gasteiger partial charge in [0.15, 0.2) is 0 Å². The van der Waals surface area contributed by atoms with Gasteiger partial charge in [-0.25, -0.2) is 0 Å². The highest BCUT2D eigenvalue weighted by Gasteiger charge is 2.23. The van der Waals surface area contributed by atoms with Gasteiger partial charge in [0, 0.05) is 6.08 Å². The van der Waals surface area contributed by atoms with Crippen LogP contribution in [0.3, 0.4) is 0 Å². The van der Waals surface area contributed by atoms with Gasteiger partial charge in [-0.3, -0.25) is 4.79 Å². The zero-order valence-corrected chi connectivity index (χ0v) is 6.23. The number of nitrogens with zero attached hydrogens (tertiary/aromatic N) is 1. The molecule has 1 heterocycles. The lowest BCUT2D eigenvalue weighted by molar-refractivity contribution is -0.118. The summed E-state index contributed by atoms with van der Waals surface area (Å²) in [4.78, 5) is 10.8. The summed E-state index contributed by atoms with van der Waals surface area (Å²) in [7, 11) is 0. The molecule has 10 heavy (non-hydrogen) atoms. The second-order valence-corrected chi connectivity index (χ2v) is 3.27. The highest BCUT2D eigenvalue weighted by atomic mass is 32.2. The van der Waals surface area contributed by atoms with Crippen molar-refractivity contribution in [3.8, 4) is 6.07 Å². The number of hydrogen-bond acceptors (Lipinski definition) is 3. The van der Waals surface area contributed by atoms with Gasteiger partial charge in [-0.1, -0.05) is 11.8 Å². The van der Waals surface area contributed by atoms with Crippen LogP contribution in [0.2, 0.25) is 0 Å². The molecule has 52 valence electrons. The quantitative estimate of drug-likeness (QED) is 0.520. The monoisotopic (exact) mass is 154 g/mol. The lowest BCUT2D eigenvalue weighted by Gasteiger charge is -1.88.